The molecule has 0 radical (unpaired) electrons. The van der Waals surface area contributed by atoms with E-state index in [9.17, 15) is 4.79 Å². The van der Waals surface area contributed by atoms with E-state index in [2.05, 4.69) is 28.1 Å². The van der Waals surface area contributed by atoms with E-state index in [0.717, 1.165) is 41.9 Å². The van der Waals surface area contributed by atoms with Crippen molar-refractivity contribution in [2.75, 3.05) is 18.5 Å². The molecule has 154 valence electrons. The molecule has 0 saturated carbocycles. The molecule has 30 heavy (non-hydrogen) atoms. The summed E-state index contributed by atoms with van der Waals surface area (Å²) < 4.78 is 5.60. The number of hydrogen-bond donors (Lipinski definition) is 0. The number of rotatable bonds is 5. The monoisotopic (exact) mass is 401 g/mol. The van der Waals surface area contributed by atoms with Gasteiger partial charge in [-0.2, -0.15) is 0 Å². The van der Waals surface area contributed by atoms with Gasteiger partial charge in [0.2, 0.25) is 0 Å². The van der Waals surface area contributed by atoms with Crippen LogP contribution in [-0.2, 0) is 11.3 Å². The van der Waals surface area contributed by atoms with E-state index in [1.807, 2.05) is 72.7 Å². The van der Waals surface area contributed by atoms with Gasteiger partial charge in [-0.05, 0) is 48.6 Å². The third-order valence-corrected chi connectivity index (χ3v) is 5.59. The van der Waals surface area contributed by atoms with Crippen molar-refractivity contribution in [3.8, 4) is 0 Å². The summed E-state index contributed by atoms with van der Waals surface area (Å²) in [6, 6.07) is 24.0. The maximum atomic E-state index is 12.8. The molecule has 5 nitrogen and oxygen atoms in total. The number of aromatic nitrogens is 1. The smallest absolute Gasteiger partial charge is 0.410 e. The molecular formula is C25H27N3O2. The Hall–Kier alpha value is -3.34. The van der Waals surface area contributed by atoms with Gasteiger partial charge in [0.15, 0.2) is 0 Å². The normalized spacial score (nSPS) is 16.2. The first kappa shape index (κ1) is 20.0. The van der Waals surface area contributed by atoms with Gasteiger partial charge < -0.3 is 14.5 Å². The topological polar surface area (TPSA) is 45.7 Å². The van der Waals surface area contributed by atoms with Gasteiger partial charge >= 0.3 is 6.09 Å². The van der Waals surface area contributed by atoms with E-state index in [1.165, 1.54) is 0 Å². The average Bonchev–Trinajstić information content (AvgIpc) is 2.83. The van der Waals surface area contributed by atoms with Gasteiger partial charge in [-0.3, -0.25) is 0 Å². The minimum Gasteiger partial charge on any atom is -0.445 e. The lowest BCUT2D eigenvalue weighted by Gasteiger charge is -2.35. The Morgan fingerprint density at radius 1 is 1.03 bits per heavy atom. The second-order valence-corrected chi connectivity index (χ2v) is 7.59. The summed E-state index contributed by atoms with van der Waals surface area (Å²) in [5, 5.41) is 0. The predicted octanol–water partition coefficient (Wildman–Crippen LogP) is 5.71. The van der Waals surface area contributed by atoms with Crippen molar-refractivity contribution < 1.29 is 9.53 Å². The molecule has 2 aromatic carbocycles. The molecule has 1 aromatic heterocycles. The molecule has 0 unspecified atom stereocenters. The van der Waals surface area contributed by atoms with Crippen LogP contribution in [0.2, 0.25) is 0 Å². The Kier molecular flexibility index (Phi) is 6.28. The maximum absolute atomic E-state index is 12.8. The minimum absolute atomic E-state index is 0.00519. The Bertz CT molecular complexity index is 945. The zero-order chi connectivity index (χ0) is 20.8. The number of nitrogens with zero attached hydrogens (tertiary/aromatic N) is 3. The van der Waals surface area contributed by atoms with Crippen LogP contribution in [0.3, 0.4) is 0 Å². The van der Waals surface area contributed by atoms with Gasteiger partial charge in [0, 0.05) is 25.5 Å². The van der Waals surface area contributed by atoms with E-state index in [-0.39, 0.29) is 12.1 Å². The van der Waals surface area contributed by atoms with Crippen molar-refractivity contribution in [2.45, 2.75) is 31.9 Å². The lowest BCUT2D eigenvalue weighted by Crippen LogP contribution is -2.38. The number of hydrogen-bond acceptors (Lipinski definition) is 4. The first-order valence-corrected chi connectivity index (χ1v) is 10.4. The number of anilines is 2. The molecule has 1 saturated heterocycles. The third-order valence-electron chi connectivity index (χ3n) is 5.59. The second-order valence-electron chi connectivity index (χ2n) is 7.59. The first-order chi connectivity index (χ1) is 14.7. The molecule has 0 spiro atoms. The highest BCUT2D eigenvalue weighted by Gasteiger charge is 2.29. The van der Waals surface area contributed by atoms with Crippen molar-refractivity contribution in [2.24, 2.45) is 0 Å². The Morgan fingerprint density at radius 3 is 2.47 bits per heavy atom. The van der Waals surface area contributed by atoms with Crippen molar-refractivity contribution in [3.05, 3.63) is 90.1 Å². The van der Waals surface area contributed by atoms with Gasteiger partial charge in [-0.1, -0.05) is 54.6 Å². The van der Waals surface area contributed by atoms with Gasteiger partial charge in [0.25, 0.3) is 0 Å². The highest BCUT2D eigenvalue weighted by Crippen LogP contribution is 2.32. The number of carbonyl (C=O) groups is 1. The van der Waals surface area contributed by atoms with E-state index in [4.69, 9.17) is 4.74 Å². The Morgan fingerprint density at radius 2 is 1.77 bits per heavy atom. The average molecular weight is 402 g/mol. The third kappa shape index (κ3) is 4.62. The van der Waals surface area contributed by atoms with Crippen molar-refractivity contribution in [1.29, 1.82) is 0 Å². The Labute approximate surface area is 177 Å². The van der Waals surface area contributed by atoms with Gasteiger partial charge in [-0.25, -0.2) is 9.78 Å². The number of para-hydroxylation sites is 1. The zero-order valence-electron chi connectivity index (χ0n) is 17.3. The molecular weight excluding hydrogens is 374 g/mol. The molecule has 1 aliphatic rings. The molecule has 0 bridgehead atoms. The van der Waals surface area contributed by atoms with Crippen LogP contribution in [0.4, 0.5) is 16.3 Å². The molecule has 1 atom stereocenters. The quantitative estimate of drug-likeness (QED) is 0.549. The molecule has 0 N–H and O–H groups in total. The number of carbonyl (C=O) groups excluding carboxylic acids is 1. The highest BCUT2D eigenvalue weighted by atomic mass is 16.6. The fourth-order valence-electron chi connectivity index (χ4n) is 3.88. The summed E-state index contributed by atoms with van der Waals surface area (Å²) in [6.07, 6.45) is 4.66. The zero-order valence-corrected chi connectivity index (χ0v) is 17.3. The molecule has 4 rings (SSSR count). The highest BCUT2D eigenvalue weighted by molar-refractivity contribution is 5.68. The summed E-state index contributed by atoms with van der Waals surface area (Å²) in [5.41, 5.74) is 3.13. The molecule has 1 aliphatic heterocycles. The number of piperidine rings is 1. The predicted molar refractivity (Wildman–Crippen MR) is 119 cm³/mol. The van der Waals surface area contributed by atoms with E-state index >= 15 is 0 Å². The van der Waals surface area contributed by atoms with Crippen LogP contribution >= 0.6 is 0 Å². The largest absolute Gasteiger partial charge is 0.445 e. The van der Waals surface area contributed by atoms with Crippen LogP contribution in [0.25, 0.3) is 0 Å². The van der Waals surface area contributed by atoms with E-state index < -0.39 is 0 Å². The van der Waals surface area contributed by atoms with Crippen LogP contribution in [0, 0.1) is 0 Å². The van der Waals surface area contributed by atoms with Gasteiger partial charge in [0.05, 0.1) is 6.04 Å². The van der Waals surface area contributed by atoms with E-state index in [0.29, 0.717) is 13.2 Å². The first-order valence-electron chi connectivity index (χ1n) is 10.4. The molecule has 1 fully saturated rings. The molecule has 2 heterocycles. The SMILES string of the molecule is CN(c1ccccc1)c1ccc([C@@H]2CCCCN2C(=O)OCc2ccccc2)cn1. The summed E-state index contributed by atoms with van der Waals surface area (Å²) in [5.74, 6) is 0.874. The van der Waals surface area contributed by atoms with Crippen LogP contribution in [-0.4, -0.2) is 29.6 Å². The Balaban J connectivity index is 1.45. The van der Waals surface area contributed by atoms with Gasteiger partial charge in [-0.15, -0.1) is 0 Å². The minimum atomic E-state index is -0.256. The summed E-state index contributed by atoms with van der Waals surface area (Å²) >= 11 is 0. The summed E-state index contributed by atoms with van der Waals surface area (Å²) in [7, 11) is 2.01. The van der Waals surface area contributed by atoms with Crippen LogP contribution < -0.4 is 4.90 Å². The van der Waals surface area contributed by atoms with Gasteiger partial charge in [0.1, 0.15) is 12.4 Å². The summed E-state index contributed by atoms with van der Waals surface area (Å²) in [4.78, 5) is 21.4. The van der Waals surface area contributed by atoms with Crippen molar-refractivity contribution in [3.63, 3.8) is 0 Å². The molecule has 1 amide bonds. The number of ether oxygens (including phenoxy) is 1. The second kappa shape index (κ2) is 9.44. The molecule has 3 aromatic rings. The van der Waals surface area contributed by atoms with Crippen LogP contribution in [0.15, 0.2) is 79.0 Å². The van der Waals surface area contributed by atoms with E-state index in [1.54, 1.807) is 0 Å². The van der Waals surface area contributed by atoms with Crippen LogP contribution in [0.1, 0.15) is 36.4 Å². The molecule has 0 aliphatic carbocycles. The lowest BCUT2D eigenvalue weighted by molar-refractivity contribution is 0.0678. The van der Waals surface area contributed by atoms with Crippen molar-refractivity contribution in [1.82, 2.24) is 9.88 Å². The van der Waals surface area contributed by atoms with Crippen LogP contribution in [0.5, 0.6) is 0 Å². The number of benzene rings is 2. The fraction of sp³-hybridized carbons (Fsp3) is 0.280. The summed E-state index contributed by atoms with van der Waals surface area (Å²) in [6.45, 7) is 1.01. The standard InChI is InChI=1S/C25H27N3O2/c1-27(22-12-6-3-7-13-22)24-16-15-21(18-26-24)23-14-8-9-17-28(23)25(29)30-19-20-10-4-2-5-11-20/h2-7,10-13,15-16,18,23H,8-9,14,17,19H2,1H3/t23-/m0/s1. The number of likely N-dealkylation sites (tertiary alicyclic amines) is 1. The maximum Gasteiger partial charge on any atom is 0.410 e. The number of pyridine rings is 1. The number of amides is 1. The molecule has 5 heteroatoms. The fourth-order valence-corrected chi connectivity index (χ4v) is 3.88. The lowest BCUT2D eigenvalue weighted by atomic mass is 9.97. The van der Waals surface area contributed by atoms with Crippen molar-refractivity contribution >= 4 is 17.6 Å².